The lowest BCUT2D eigenvalue weighted by atomic mass is 9.90. The summed E-state index contributed by atoms with van der Waals surface area (Å²) in [5.41, 5.74) is 2.54. The van der Waals surface area contributed by atoms with Crippen LogP contribution in [0.2, 0.25) is 5.02 Å². The third kappa shape index (κ3) is 4.05. The number of furan rings is 1. The Morgan fingerprint density at radius 2 is 1.59 bits per heavy atom. The van der Waals surface area contributed by atoms with Gasteiger partial charge in [0.1, 0.15) is 11.3 Å². The van der Waals surface area contributed by atoms with Gasteiger partial charge in [0.05, 0.1) is 28.4 Å². The normalized spacial score (nSPS) is 11.2. The number of para-hydroxylation sites is 1. The van der Waals surface area contributed by atoms with Crippen LogP contribution in [-0.2, 0) is 11.3 Å². The van der Waals surface area contributed by atoms with Gasteiger partial charge in [-0.25, -0.2) is 4.98 Å². The second-order valence-electron chi connectivity index (χ2n) is 7.34. The molecule has 6 heteroatoms. The molecule has 2 aromatic heterocycles. The monoisotopic (exact) mass is 458 g/mol. The van der Waals surface area contributed by atoms with Crippen molar-refractivity contribution in [2.24, 2.45) is 0 Å². The standard InChI is InChI=1S/C26H19ClN2O2S/c27-21-14-7-15-22-24(21)28-26(32-22)29(17-20-13-8-16-31-20)25(30)23(18-9-3-1-4-10-18)19-11-5-2-6-12-19/h1-16,23H,17H2. The number of hydrogen-bond donors (Lipinski definition) is 0. The summed E-state index contributed by atoms with van der Waals surface area (Å²) in [6, 6.07) is 29.0. The first-order valence-electron chi connectivity index (χ1n) is 10.2. The van der Waals surface area contributed by atoms with E-state index in [9.17, 15) is 4.79 Å². The predicted molar refractivity (Wildman–Crippen MR) is 129 cm³/mol. The fourth-order valence-electron chi connectivity index (χ4n) is 3.74. The number of thiazole rings is 1. The molecule has 0 saturated carbocycles. The average Bonchev–Trinajstić information content (AvgIpc) is 3.49. The first kappa shape index (κ1) is 20.5. The van der Waals surface area contributed by atoms with Crippen molar-refractivity contribution in [1.29, 1.82) is 0 Å². The quantitative estimate of drug-likeness (QED) is 0.278. The van der Waals surface area contributed by atoms with Crippen LogP contribution >= 0.6 is 22.9 Å². The van der Waals surface area contributed by atoms with Gasteiger partial charge in [-0.2, -0.15) is 0 Å². The first-order chi connectivity index (χ1) is 15.7. The third-order valence-corrected chi connectivity index (χ3v) is 6.61. The molecule has 4 nitrogen and oxygen atoms in total. The van der Waals surface area contributed by atoms with Crippen LogP contribution < -0.4 is 4.90 Å². The molecule has 32 heavy (non-hydrogen) atoms. The summed E-state index contributed by atoms with van der Waals surface area (Å²) in [6.07, 6.45) is 1.61. The summed E-state index contributed by atoms with van der Waals surface area (Å²) in [5, 5.41) is 1.16. The molecule has 1 amide bonds. The highest BCUT2D eigenvalue weighted by Gasteiger charge is 2.31. The Morgan fingerprint density at radius 1 is 0.906 bits per heavy atom. The molecule has 0 bridgehead atoms. The van der Waals surface area contributed by atoms with E-state index in [1.807, 2.05) is 91.0 Å². The highest BCUT2D eigenvalue weighted by atomic mass is 35.5. The van der Waals surface area contributed by atoms with E-state index in [0.29, 0.717) is 21.4 Å². The van der Waals surface area contributed by atoms with Crippen LogP contribution in [0.1, 0.15) is 22.8 Å². The molecule has 0 saturated heterocycles. The Kier molecular flexibility index (Phi) is 5.75. The lowest BCUT2D eigenvalue weighted by molar-refractivity contribution is -0.119. The minimum Gasteiger partial charge on any atom is -0.467 e. The maximum absolute atomic E-state index is 14.2. The van der Waals surface area contributed by atoms with Crippen LogP contribution in [0, 0.1) is 0 Å². The van der Waals surface area contributed by atoms with Crippen molar-refractivity contribution in [2.45, 2.75) is 12.5 Å². The number of halogens is 1. The molecule has 0 aliphatic rings. The van der Waals surface area contributed by atoms with Gasteiger partial charge in [-0.15, -0.1) is 0 Å². The molecule has 3 aromatic carbocycles. The zero-order chi connectivity index (χ0) is 21.9. The van der Waals surface area contributed by atoms with Crippen molar-refractivity contribution in [3.05, 3.63) is 119 Å². The third-order valence-electron chi connectivity index (χ3n) is 5.26. The number of aromatic nitrogens is 1. The number of carbonyl (C=O) groups is 1. The van der Waals surface area contributed by atoms with Crippen molar-refractivity contribution < 1.29 is 9.21 Å². The summed E-state index contributed by atoms with van der Waals surface area (Å²) in [4.78, 5) is 20.6. The summed E-state index contributed by atoms with van der Waals surface area (Å²) in [5.74, 6) is 0.132. The molecule has 5 rings (SSSR count). The molecular formula is C26H19ClN2O2S. The SMILES string of the molecule is O=C(C(c1ccccc1)c1ccccc1)N(Cc1ccco1)c1nc2c(Cl)cccc2s1. The lowest BCUT2D eigenvalue weighted by Gasteiger charge is -2.25. The van der Waals surface area contributed by atoms with Gasteiger partial charge in [0.2, 0.25) is 5.91 Å². The number of hydrogen-bond acceptors (Lipinski definition) is 4. The van der Waals surface area contributed by atoms with E-state index in [4.69, 9.17) is 21.0 Å². The van der Waals surface area contributed by atoms with Crippen molar-refractivity contribution >= 4 is 44.2 Å². The maximum Gasteiger partial charge on any atom is 0.241 e. The Bertz CT molecular complexity index is 1300. The summed E-state index contributed by atoms with van der Waals surface area (Å²) >= 11 is 7.82. The van der Waals surface area contributed by atoms with Gasteiger partial charge in [-0.1, -0.05) is 89.7 Å². The van der Waals surface area contributed by atoms with E-state index in [-0.39, 0.29) is 12.5 Å². The molecule has 0 atom stereocenters. The Labute approximate surface area is 194 Å². The van der Waals surface area contributed by atoms with Crippen molar-refractivity contribution in [3.8, 4) is 0 Å². The predicted octanol–water partition coefficient (Wildman–Crippen LogP) is 6.91. The molecule has 5 aromatic rings. The van der Waals surface area contributed by atoms with Gasteiger partial charge in [0, 0.05) is 0 Å². The highest BCUT2D eigenvalue weighted by molar-refractivity contribution is 7.22. The molecule has 2 heterocycles. The molecule has 0 spiro atoms. The van der Waals surface area contributed by atoms with E-state index in [1.54, 1.807) is 11.2 Å². The van der Waals surface area contributed by atoms with Crippen molar-refractivity contribution in [3.63, 3.8) is 0 Å². The van der Waals surface area contributed by atoms with E-state index in [2.05, 4.69) is 0 Å². The summed E-state index contributed by atoms with van der Waals surface area (Å²) in [7, 11) is 0. The van der Waals surface area contributed by atoms with Gasteiger partial charge < -0.3 is 4.42 Å². The van der Waals surface area contributed by atoms with Gasteiger partial charge in [-0.05, 0) is 35.4 Å². The summed E-state index contributed by atoms with van der Waals surface area (Å²) in [6.45, 7) is 0.277. The van der Waals surface area contributed by atoms with E-state index >= 15 is 0 Å². The number of anilines is 1. The second-order valence-corrected chi connectivity index (χ2v) is 8.76. The largest absolute Gasteiger partial charge is 0.467 e. The Morgan fingerprint density at radius 3 is 2.19 bits per heavy atom. The average molecular weight is 459 g/mol. The molecule has 0 aliphatic heterocycles. The van der Waals surface area contributed by atoms with E-state index < -0.39 is 5.92 Å². The molecule has 0 fully saturated rings. The zero-order valence-corrected chi connectivity index (χ0v) is 18.6. The molecule has 0 N–H and O–H groups in total. The van der Waals surface area contributed by atoms with E-state index in [0.717, 1.165) is 15.8 Å². The molecule has 0 radical (unpaired) electrons. The first-order valence-corrected chi connectivity index (χ1v) is 11.4. The second kappa shape index (κ2) is 8.99. The van der Waals surface area contributed by atoms with Gasteiger partial charge >= 0.3 is 0 Å². The minimum atomic E-state index is -0.477. The van der Waals surface area contributed by atoms with Gasteiger partial charge in [-0.3, -0.25) is 9.69 Å². The fourth-order valence-corrected chi connectivity index (χ4v) is 5.01. The molecule has 0 unspecified atom stereocenters. The summed E-state index contributed by atoms with van der Waals surface area (Å²) < 4.78 is 6.51. The van der Waals surface area contributed by atoms with Crippen LogP contribution in [0.15, 0.2) is 102 Å². The van der Waals surface area contributed by atoms with Crippen LogP contribution in [0.3, 0.4) is 0 Å². The molecule has 158 valence electrons. The smallest absolute Gasteiger partial charge is 0.241 e. The topological polar surface area (TPSA) is 46.3 Å². The zero-order valence-electron chi connectivity index (χ0n) is 17.0. The van der Waals surface area contributed by atoms with Crippen molar-refractivity contribution in [1.82, 2.24) is 4.98 Å². The molecule has 0 aliphatic carbocycles. The number of nitrogens with zero attached hydrogens (tertiary/aromatic N) is 2. The maximum atomic E-state index is 14.2. The van der Waals surface area contributed by atoms with Gasteiger partial charge in [0.25, 0.3) is 0 Å². The number of rotatable bonds is 6. The van der Waals surface area contributed by atoms with Crippen LogP contribution in [-0.4, -0.2) is 10.9 Å². The molecular weight excluding hydrogens is 440 g/mol. The highest BCUT2D eigenvalue weighted by Crippen LogP contribution is 2.36. The fraction of sp³-hybridized carbons (Fsp3) is 0.0769. The lowest BCUT2D eigenvalue weighted by Crippen LogP contribution is -2.35. The van der Waals surface area contributed by atoms with Gasteiger partial charge in [0.15, 0.2) is 5.13 Å². The Balaban J connectivity index is 1.63. The van der Waals surface area contributed by atoms with Crippen LogP contribution in [0.4, 0.5) is 5.13 Å². The van der Waals surface area contributed by atoms with Crippen LogP contribution in [0.5, 0.6) is 0 Å². The minimum absolute atomic E-state index is 0.0750. The number of benzene rings is 3. The van der Waals surface area contributed by atoms with E-state index in [1.165, 1.54) is 11.3 Å². The van der Waals surface area contributed by atoms with Crippen molar-refractivity contribution in [2.75, 3.05) is 4.90 Å². The Hall–Kier alpha value is -3.41. The number of fused-ring (bicyclic) bond motifs is 1. The number of amides is 1. The van der Waals surface area contributed by atoms with Crippen LogP contribution in [0.25, 0.3) is 10.2 Å². The number of carbonyl (C=O) groups excluding carboxylic acids is 1.